The largest absolute Gasteiger partial charge is 0.321 e. The smallest absolute Gasteiger partial charge is 0.257 e. The molecule has 1 amide bonds. The van der Waals surface area contributed by atoms with Gasteiger partial charge in [0.25, 0.3) is 5.91 Å². The molecule has 1 fully saturated rings. The van der Waals surface area contributed by atoms with Crippen LogP contribution in [0, 0.1) is 6.92 Å². The number of hydrogen-bond donors (Lipinski definition) is 1. The molecule has 0 unspecified atom stereocenters. The van der Waals surface area contributed by atoms with Gasteiger partial charge in [-0.3, -0.25) is 9.78 Å². The minimum atomic E-state index is -3.42. The number of carbonyl (C=O) groups is 1. The number of nitrogens with zero attached hydrogens (tertiary/aromatic N) is 1. The number of nitrogens with one attached hydrogen (secondary N) is 1. The molecule has 1 heterocycles. The minimum absolute atomic E-state index is 0.119. The van der Waals surface area contributed by atoms with E-state index >= 15 is 0 Å². The second kappa shape index (κ2) is 5.77. The molecule has 0 saturated heterocycles. The van der Waals surface area contributed by atoms with Crippen molar-refractivity contribution in [2.24, 2.45) is 0 Å². The lowest BCUT2D eigenvalue weighted by Crippen LogP contribution is -2.15. The zero-order valence-corrected chi connectivity index (χ0v) is 13.9. The van der Waals surface area contributed by atoms with Gasteiger partial charge in [-0.2, -0.15) is 0 Å². The fraction of sp³-hybridized carbons (Fsp3) is 0.294. The molecule has 0 spiro atoms. The third-order valence-corrected chi connectivity index (χ3v) is 4.97. The lowest BCUT2D eigenvalue weighted by atomic mass is 10.2. The van der Waals surface area contributed by atoms with E-state index in [-0.39, 0.29) is 16.5 Å². The maximum Gasteiger partial charge on any atom is 0.257 e. The van der Waals surface area contributed by atoms with Gasteiger partial charge in [-0.25, -0.2) is 8.42 Å². The van der Waals surface area contributed by atoms with E-state index in [1.54, 1.807) is 31.2 Å². The highest BCUT2D eigenvalue weighted by atomic mass is 32.2. The first-order chi connectivity index (χ1) is 10.8. The van der Waals surface area contributed by atoms with E-state index in [4.69, 9.17) is 0 Å². The number of anilines is 1. The number of aryl methyl sites for hydroxylation is 1. The molecule has 2 aromatic rings. The van der Waals surface area contributed by atoms with E-state index in [2.05, 4.69) is 10.3 Å². The SMILES string of the molecule is Cc1ccc(NC(=O)c2ccc(C3CC3)nc2)c(S(C)(=O)=O)c1. The van der Waals surface area contributed by atoms with Gasteiger partial charge in [0.15, 0.2) is 9.84 Å². The van der Waals surface area contributed by atoms with E-state index in [1.165, 1.54) is 6.20 Å². The topological polar surface area (TPSA) is 76.1 Å². The van der Waals surface area contributed by atoms with Gasteiger partial charge < -0.3 is 5.32 Å². The summed E-state index contributed by atoms with van der Waals surface area (Å²) < 4.78 is 23.8. The van der Waals surface area contributed by atoms with Crippen molar-refractivity contribution in [1.82, 2.24) is 4.98 Å². The maximum atomic E-state index is 12.3. The Labute approximate surface area is 135 Å². The minimum Gasteiger partial charge on any atom is -0.321 e. The molecule has 0 radical (unpaired) electrons. The Hall–Kier alpha value is -2.21. The van der Waals surface area contributed by atoms with Crippen molar-refractivity contribution in [1.29, 1.82) is 0 Å². The van der Waals surface area contributed by atoms with Gasteiger partial charge >= 0.3 is 0 Å². The fourth-order valence-corrected chi connectivity index (χ4v) is 3.31. The van der Waals surface area contributed by atoms with Crippen molar-refractivity contribution in [2.45, 2.75) is 30.6 Å². The number of aromatic nitrogens is 1. The molecule has 0 bridgehead atoms. The molecule has 1 aliphatic rings. The second-order valence-electron chi connectivity index (χ2n) is 5.97. The summed E-state index contributed by atoms with van der Waals surface area (Å²) in [6.07, 6.45) is 4.97. The van der Waals surface area contributed by atoms with Gasteiger partial charge in [-0.05, 0) is 49.6 Å². The average molecular weight is 330 g/mol. The van der Waals surface area contributed by atoms with Crippen molar-refractivity contribution in [3.05, 3.63) is 53.3 Å². The predicted molar refractivity (Wildman–Crippen MR) is 88.5 cm³/mol. The molecular weight excluding hydrogens is 312 g/mol. The number of hydrogen-bond acceptors (Lipinski definition) is 4. The van der Waals surface area contributed by atoms with Gasteiger partial charge in [-0.1, -0.05) is 6.07 Å². The molecule has 6 heteroatoms. The predicted octanol–water partition coefficient (Wildman–Crippen LogP) is 2.92. The molecule has 1 saturated carbocycles. The Morgan fingerprint density at radius 3 is 2.52 bits per heavy atom. The van der Waals surface area contributed by atoms with Gasteiger partial charge in [0.1, 0.15) is 0 Å². The molecule has 1 N–H and O–H groups in total. The molecule has 23 heavy (non-hydrogen) atoms. The number of amides is 1. The molecule has 5 nitrogen and oxygen atoms in total. The Balaban J connectivity index is 1.85. The Bertz CT molecular complexity index is 854. The molecule has 1 aromatic carbocycles. The quantitative estimate of drug-likeness (QED) is 0.935. The number of pyridine rings is 1. The van der Waals surface area contributed by atoms with Crippen LogP contribution in [0.25, 0.3) is 0 Å². The highest BCUT2D eigenvalue weighted by Crippen LogP contribution is 2.38. The lowest BCUT2D eigenvalue weighted by Gasteiger charge is -2.11. The summed E-state index contributed by atoms with van der Waals surface area (Å²) in [5.74, 6) is 0.162. The van der Waals surface area contributed by atoms with Crippen LogP contribution in [0.3, 0.4) is 0 Å². The van der Waals surface area contributed by atoms with Crippen molar-refractivity contribution in [3.8, 4) is 0 Å². The molecule has 1 aliphatic carbocycles. The summed E-state index contributed by atoms with van der Waals surface area (Å²) in [7, 11) is -3.42. The molecule has 0 aliphatic heterocycles. The van der Waals surface area contributed by atoms with Crippen LogP contribution in [0.15, 0.2) is 41.4 Å². The molecule has 120 valence electrons. The normalized spacial score (nSPS) is 14.5. The van der Waals surface area contributed by atoms with Crippen molar-refractivity contribution in [3.63, 3.8) is 0 Å². The third-order valence-electron chi connectivity index (χ3n) is 3.83. The highest BCUT2D eigenvalue weighted by Gasteiger charge is 2.25. The summed E-state index contributed by atoms with van der Waals surface area (Å²) in [6.45, 7) is 1.81. The van der Waals surface area contributed by atoms with Crippen LogP contribution in [-0.2, 0) is 9.84 Å². The highest BCUT2D eigenvalue weighted by molar-refractivity contribution is 7.90. The van der Waals surface area contributed by atoms with E-state index in [9.17, 15) is 13.2 Å². The first-order valence-electron chi connectivity index (χ1n) is 7.42. The standard InChI is InChI=1S/C17H18N2O3S/c1-11-3-7-15(16(9-11)23(2,21)22)19-17(20)13-6-8-14(18-10-13)12-4-5-12/h3,6-10,12H,4-5H2,1-2H3,(H,19,20). The second-order valence-corrected chi connectivity index (χ2v) is 7.96. The number of sulfone groups is 1. The van der Waals surface area contributed by atoms with Crippen LogP contribution in [0.2, 0.25) is 0 Å². The van der Waals surface area contributed by atoms with Crippen molar-refractivity contribution >= 4 is 21.4 Å². The van der Waals surface area contributed by atoms with Crippen molar-refractivity contribution in [2.75, 3.05) is 11.6 Å². The first-order valence-corrected chi connectivity index (χ1v) is 9.32. The monoisotopic (exact) mass is 330 g/mol. The van der Waals surface area contributed by atoms with Crippen LogP contribution in [0.4, 0.5) is 5.69 Å². The van der Waals surface area contributed by atoms with Gasteiger partial charge in [-0.15, -0.1) is 0 Å². The van der Waals surface area contributed by atoms with Gasteiger partial charge in [0, 0.05) is 24.1 Å². The molecule has 3 rings (SSSR count). The Morgan fingerprint density at radius 1 is 1.22 bits per heavy atom. The van der Waals surface area contributed by atoms with Crippen LogP contribution >= 0.6 is 0 Å². The summed E-state index contributed by atoms with van der Waals surface area (Å²) in [5.41, 5.74) is 2.52. The number of benzene rings is 1. The zero-order valence-electron chi connectivity index (χ0n) is 13.0. The fourth-order valence-electron chi connectivity index (χ4n) is 2.39. The summed E-state index contributed by atoms with van der Waals surface area (Å²) in [5, 5.41) is 2.67. The van der Waals surface area contributed by atoms with E-state index in [1.807, 2.05) is 6.07 Å². The van der Waals surface area contributed by atoms with Crippen LogP contribution in [0.5, 0.6) is 0 Å². The number of rotatable bonds is 4. The maximum absolute atomic E-state index is 12.3. The molecule has 1 aromatic heterocycles. The van der Waals surface area contributed by atoms with Crippen molar-refractivity contribution < 1.29 is 13.2 Å². The van der Waals surface area contributed by atoms with Crippen LogP contribution in [0.1, 0.15) is 40.4 Å². The Kier molecular flexibility index (Phi) is 3.93. The van der Waals surface area contributed by atoms with E-state index in [0.717, 1.165) is 30.4 Å². The van der Waals surface area contributed by atoms with Gasteiger partial charge in [0.2, 0.25) is 0 Å². The third kappa shape index (κ3) is 3.59. The summed E-state index contributed by atoms with van der Waals surface area (Å²) in [6, 6.07) is 8.51. The zero-order chi connectivity index (χ0) is 16.6. The summed E-state index contributed by atoms with van der Waals surface area (Å²) in [4.78, 5) is 16.8. The number of carbonyl (C=O) groups excluding carboxylic acids is 1. The van der Waals surface area contributed by atoms with E-state index < -0.39 is 9.84 Å². The van der Waals surface area contributed by atoms with E-state index in [0.29, 0.717) is 11.5 Å². The van der Waals surface area contributed by atoms with Crippen LogP contribution in [-0.4, -0.2) is 25.6 Å². The lowest BCUT2D eigenvalue weighted by molar-refractivity contribution is 0.102. The van der Waals surface area contributed by atoms with Crippen LogP contribution < -0.4 is 5.32 Å². The summed E-state index contributed by atoms with van der Waals surface area (Å²) >= 11 is 0. The average Bonchev–Trinajstić information content (AvgIpc) is 3.33. The van der Waals surface area contributed by atoms with Gasteiger partial charge in [0.05, 0.1) is 16.1 Å². The first kappa shape index (κ1) is 15.7. The Morgan fingerprint density at radius 2 is 1.96 bits per heavy atom. The molecular formula is C17H18N2O3S. The molecule has 0 atom stereocenters.